The molecule has 172 valence electrons. The number of aromatic nitrogens is 5. The van der Waals surface area contributed by atoms with E-state index in [-0.39, 0.29) is 18.5 Å². The summed E-state index contributed by atoms with van der Waals surface area (Å²) in [6, 6.07) is 4.02. The highest BCUT2D eigenvalue weighted by Crippen LogP contribution is 2.33. The summed E-state index contributed by atoms with van der Waals surface area (Å²) in [4.78, 5) is 34.1. The van der Waals surface area contributed by atoms with E-state index in [0.717, 1.165) is 31.9 Å². The average molecular weight is 457 g/mol. The fourth-order valence-corrected chi connectivity index (χ4v) is 4.62. The first-order chi connectivity index (χ1) is 16.7. The fourth-order valence-electron chi connectivity index (χ4n) is 4.62. The Morgan fingerprint density at radius 1 is 1.03 bits per heavy atom. The molecule has 3 aromatic heterocycles. The molecule has 1 fully saturated rings. The van der Waals surface area contributed by atoms with Gasteiger partial charge in [0.25, 0.3) is 0 Å². The van der Waals surface area contributed by atoms with Crippen LogP contribution in [0.15, 0.2) is 60.3 Å². The molecule has 5 heterocycles. The van der Waals surface area contributed by atoms with Gasteiger partial charge in [-0.25, -0.2) is 9.99 Å². The number of carbonyl (C=O) groups is 1. The number of nitrogens with zero attached hydrogens (tertiary/aromatic N) is 9. The van der Waals surface area contributed by atoms with Crippen molar-refractivity contribution in [1.82, 2.24) is 24.5 Å². The maximum atomic E-state index is 11.4. The van der Waals surface area contributed by atoms with Crippen LogP contribution in [0.25, 0.3) is 11.2 Å². The van der Waals surface area contributed by atoms with E-state index in [1.807, 2.05) is 35.5 Å². The van der Waals surface area contributed by atoms with Crippen molar-refractivity contribution in [1.29, 1.82) is 0 Å². The standard InChI is InChI=1S/C23H23N9O2/c33-19(34)14-31-15-25-20-21(31)27-23(28-22(20)32-18-4-2-1-3-16(18)13-26-32)30-11-9-29(10-12-30)17-5-7-24-8-6-17/h1-8,13,15-16,18H,9-12,14H2,(H,33,34). The molecule has 1 N–H and O–H groups in total. The molecular weight excluding hydrogens is 434 g/mol. The SMILES string of the molecule is O=C(O)Cn1cnc2c(N3N=CC4C=CC=CC43)nc(N3CCN(c4ccncc4)CC3)nc21. The van der Waals surface area contributed by atoms with E-state index in [9.17, 15) is 9.90 Å². The second-order valence-electron chi connectivity index (χ2n) is 8.41. The molecule has 3 aromatic rings. The average Bonchev–Trinajstić information content (AvgIpc) is 3.48. The van der Waals surface area contributed by atoms with Crippen molar-refractivity contribution in [2.24, 2.45) is 11.0 Å². The van der Waals surface area contributed by atoms with Crippen LogP contribution in [-0.4, -0.2) is 74.0 Å². The molecule has 3 aliphatic rings. The van der Waals surface area contributed by atoms with Gasteiger partial charge in [-0.3, -0.25) is 9.78 Å². The number of pyridine rings is 1. The minimum Gasteiger partial charge on any atom is -0.480 e. The predicted octanol–water partition coefficient (Wildman–Crippen LogP) is 1.55. The molecular formula is C23H23N9O2. The second-order valence-corrected chi connectivity index (χ2v) is 8.41. The molecule has 1 aliphatic carbocycles. The Morgan fingerprint density at radius 2 is 1.79 bits per heavy atom. The maximum Gasteiger partial charge on any atom is 0.323 e. The van der Waals surface area contributed by atoms with Crippen LogP contribution in [0.1, 0.15) is 0 Å². The lowest BCUT2D eigenvalue weighted by molar-refractivity contribution is -0.137. The van der Waals surface area contributed by atoms with Gasteiger partial charge in [0, 0.05) is 56.4 Å². The number of hydrogen-bond acceptors (Lipinski definition) is 9. The van der Waals surface area contributed by atoms with Gasteiger partial charge in [0.2, 0.25) is 5.95 Å². The Hall–Kier alpha value is -4.28. The lowest BCUT2D eigenvalue weighted by atomic mass is 9.97. The number of fused-ring (bicyclic) bond motifs is 2. The molecule has 0 bridgehead atoms. The van der Waals surface area contributed by atoms with Crippen molar-refractivity contribution in [3.8, 4) is 0 Å². The molecule has 0 saturated carbocycles. The minimum absolute atomic E-state index is 0.00381. The summed E-state index contributed by atoms with van der Waals surface area (Å²) in [6.07, 6.45) is 15.2. The topological polar surface area (TPSA) is 116 Å². The zero-order valence-corrected chi connectivity index (χ0v) is 18.3. The van der Waals surface area contributed by atoms with E-state index in [1.54, 1.807) is 17.0 Å². The first-order valence-corrected chi connectivity index (χ1v) is 11.2. The molecule has 34 heavy (non-hydrogen) atoms. The second kappa shape index (κ2) is 8.25. The van der Waals surface area contributed by atoms with Gasteiger partial charge < -0.3 is 19.5 Å². The van der Waals surface area contributed by atoms with Gasteiger partial charge in [-0.1, -0.05) is 24.3 Å². The summed E-state index contributed by atoms with van der Waals surface area (Å²) in [7, 11) is 0. The first-order valence-electron chi connectivity index (χ1n) is 11.2. The van der Waals surface area contributed by atoms with Crippen LogP contribution in [0, 0.1) is 5.92 Å². The summed E-state index contributed by atoms with van der Waals surface area (Å²) in [6.45, 7) is 2.88. The lowest BCUT2D eigenvalue weighted by Gasteiger charge is -2.36. The van der Waals surface area contributed by atoms with Crippen LogP contribution in [0.5, 0.6) is 0 Å². The third-order valence-corrected chi connectivity index (χ3v) is 6.34. The number of allylic oxidation sites excluding steroid dienone is 2. The first kappa shape index (κ1) is 20.3. The Balaban J connectivity index is 1.35. The van der Waals surface area contributed by atoms with E-state index < -0.39 is 5.97 Å². The summed E-state index contributed by atoms with van der Waals surface area (Å²) in [5.41, 5.74) is 2.18. The summed E-state index contributed by atoms with van der Waals surface area (Å²) in [5, 5.41) is 15.9. The summed E-state index contributed by atoms with van der Waals surface area (Å²) < 4.78 is 1.55. The van der Waals surface area contributed by atoms with Crippen molar-refractivity contribution in [2.75, 3.05) is 41.0 Å². The van der Waals surface area contributed by atoms with Gasteiger partial charge in [0.05, 0.1) is 12.4 Å². The molecule has 2 unspecified atom stereocenters. The molecule has 2 aliphatic heterocycles. The molecule has 6 rings (SSSR count). The van der Waals surface area contributed by atoms with E-state index >= 15 is 0 Å². The summed E-state index contributed by atoms with van der Waals surface area (Å²) in [5.74, 6) is 0.345. The smallest absolute Gasteiger partial charge is 0.323 e. The monoisotopic (exact) mass is 457 g/mol. The third kappa shape index (κ3) is 3.54. The molecule has 0 spiro atoms. The molecule has 1 saturated heterocycles. The van der Waals surface area contributed by atoms with Crippen molar-refractivity contribution in [3.63, 3.8) is 0 Å². The van der Waals surface area contributed by atoms with Gasteiger partial charge in [0.15, 0.2) is 17.0 Å². The Kier molecular flexibility index (Phi) is 4.93. The highest BCUT2D eigenvalue weighted by molar-refractivity contribution is 5.88. The van der Waals surface area contributed by atoms with Crippen LogP contribution in [0.4, 0.5) is 17.5 Å². The maximum absolute atomic E-state index is 11.4. The Morgan fingerprint density at radius 3 is 2.59 bits per heavy atom. The quantitative estimate of drug-likeness (QED) is 0.609. The van der Waals surface area contributed by atoms with Gasteiger partial charge >= 0.3 is 5.97 Å². The molecule has 2 atom stereocenters. The number of piperazine rings is 1. The number of rotatable bonds is 5. The normalized spacial score (nSPS) is 21.5. The van der Waals surface area contributed by atoms with Crippen LogP contribution in [0.2, 0.25) is 0 Å². The van der Waals surface area contributed by atoms with E-state index in [4.69, 9.17) is 9.97 Å². The molecule has 0 amide bonds. The van der Waals surface area contributed by atoms with E-state index in [1.165, 1.54) is 6.33 Å². The zero-order valence-electron chi connectivity index (χ0n) is 18.3. The van der Waals surface area contributed by atoms with Gasteiger partial charge in [-0.15, -0.1) is 0 Å². The van der Waals surface area contributed by atoms with Gasteiger partial charge in [-0.05, 0) is 12.1 Å². The Labute approximate surface area is 195 Å². The van der Waals surface area contributed by atoms with Crippen LogP contribution >= 0.6 is 0 Å². The largest absolute Gasteiger partial charge is 0.480 e. The number of carboxylic acid groups (broad SMARTS) is 1. The molecule has 0 radical (unpaired) electrons. The molecule has 11 heteroatoms. The number of imidazole rings is 1. The predicted molar refractivity (Wildman–Crippen MR) is 128 cm³/mol. The van der Waals surface area contributed by atoms with Gasteiger partial charge in [0.1, 0.15) is 6.54 Å². The van der Waals surface area contributed by atoms with Gasteiger partial charge in [-0.2, -0.15) is 15.1 Å². The highest BCUT2D eigenvalue weighted by Gasteiger charge is 2.33. The molecule has 0 aromatic carbocycles. The van der Waals surface area contributed by atoms with Crippen molar-refractivity contribution in [3.05, 3.63) is 55.2 Å². The zero-order chi connectivity index (χ0) is 23.1. The number of hydrogen-bond donors (Lipinski definition) is 1. The highest BCUT2D eigenvalue weighted by atomic mass is 16.4. The molecule has 11 nitrogen and oxygen atoms in total. The van der Waals surface area contributed by atoms with E-state index in [0.29, 0.717) is 22.9 Å². The van der Waals surface area contributed by atoms with Crippen molar-refractivity contribution >= 4 is 40.8 Å². The number of aliphatic carboxylic acids is 1. The van der Waals surface area contributed by atoms with Crippen LogP contribution < -0.4 is 14.8 Å². The minimum atomic E-state index is -0.952. The number of hydrazone groups is 1. The number of carboxylic acids is 1. The van der Waals surface area contributed by atoms with E-state index in [2.05, 4.69) is 37.0 Å². The lowest BCUT2D eigenvalue weighted by Crippen LogP contribution is -2.47. The van der Waals surface area contributed by atoms with Crippen LogP contribution in [0.3, 0.4) is 0 Å². The van der Waals surface area contributed by atoms with Crippen molar-refractivity contribution < 1.29 is 9.90 Å². The third-order valence-electron chi connectivity index (χ3n) is 6.34. The number of anilines is 3. The fraction of sp³-hybridized carbons (Fsp3) is 0.304. The van der Waals surface area contributed by atoms with Crippen molar-refractivity contribution in [2.45, 2.75) is 12.6 Å². The van der Waals surface area contributed by atoms with Crippen LogP contribution in [-0.2, 0) is 11.3 Å². The summed E-state index contributed by atoms with van der Waals surface area (Å²) >= 11 is 0. The Bertz CT molecular complexity index is 1310.